The molecule has 52 valence electrons. The van der Waals surface area contributed by atoms with Crippen LogP contribution in [0.3, 0.4) is 0 Å². The molecule has 0 bridgehead atoms. The second-order valence-electron chi connectivity index (χ2n) is 1.69. The maximum absolute atomic E-state index is 8.38. The summed E-state index contributed by atoms with van der Waals surface area (Å²) in [6.07, 6.45) is 0. The fourth-order valence-corrected chi connectivity index (χ4v) is 1.51. The Labute approximate surface area is 65.4 Å². The minimum Gasteiger partial charge on any atom is -0.314 e. The molecule has 2 nitrogen and oxygen atoms in total. The van der Waals surface area contributed by atoms with Crippen molar-refractivity contribution >= 4 is 24.2 Å². The van der Waals surface area contributed by atoms with Gasteiger partial charge in [-0.1, -0.05) is 0 Å². The van der Waals surface area contributed by atoms with E-state index in [1.807, 2.05) is 0 Å². The van der Waals surface area contributed by atoms with Crippen LogP contribution in [0.4, 0.5) is 0 Å². The van der Waals surface area contributed by atoms with Crippen LogP contribution in [0.25, 0.3) is 0 Å². The van der Waals surface area contributed by atoms with Gasteiger partial charge in [0.15, 0.2) is 0 Å². The SMILES string of the molecule is Cl.N#CC1CNCCS1. The number of nitrogens with zero attached hydrogens (tertiary/aromatic N) is 1. The monoisotopic (exact) mass is 164 g/mol. The highest BCUT2D eigenvalue weighted by molar-refractivity contribution is 8.00. The van der Waals surface area contributed by atoms with Crippen LogP contribution in [0.1, 0.15) is 0 Å². The van der Waals surface area contributed by atoms with Gasteiger partial charge >= 0.3 is 0 Å². The molecule has 4 heteroatoms. The first-order valence-corrected chi connectivity index (χ1v) is 3.70. The molecular formula is C5H9ClN2S. The maximum Gasteiger partial charge on any atom is 0.104 e. The molecule has 0 saturated carbocycles. The first-order chi connectivity index (χ1) is 3.93. The lowest BCUT2D eigenvalue weighted by atomic mass is 10.4. The molecule has 0 radical (unpaired) electrons. The lowest BCUT2D eigenvalue weighted by molar-refractivity contribution is 0.722. The van der Waals surface area contributed by atoms with Gasteiger partial charge in [0.25, 0.3) is 0 Å². The van der Waals surface area contributed by atoms with Crippen LogP contribution in [0.2, 0.25) is 0 Å². The Morgan fingerprint density at radius 1 is 1.67 bits per heavy atom. The highest BCUT2D eigenvalue weighted by atomic mass is 35.5. The lowest BCUT2D eigenvalue weighted by Gasteiger charge is -2.15. The highest BCUT2D eigenvalue weighted by Crippen LogP contribution is 2.10. The van der Waals surface area contributed by atoms with Crippen molar-refractivity contribution in [3.05, 3.63) is 0 Å². The van der Waals surface area contributed by atoms with Crippen molar-refractivity contribution in [1.82, 2.24) is 5.32 Å². The Kier molecular flexibility index (Phi) is 4.97. The van der Waals surface area contributed by atoms with Crippen molar-refractivity contribution in [2.24, 2.45) is 0 Å². The molecular weight excluding hydrogens is 156 g/mol. The van der Waals surface area contributed by atoms with Crippen LogP contribution < -0.4 is 5.32 Å². The minimum atomic E-state index is 0. The Morgan fingerprint density at radius 3 is 2.78 bits per heavy atom. The lowest BCUT2D eigenvalue weighted by Crippen LogP contribution is -2.31. The largest absolute Gasteiger partial charge is 0.314 e. The Balaban J connectivity index is 0.000000640. The van der Waals surface area contributed by atoms with Gasteiger partial charge in [-0.05, 0) is 0 Å². The number of hydrogen-bond donors (Lipinski definition) is 1. The van der Waals surface area contributed by atoms with Crippen molar-refractivity contribution in [1.29, 1.82) is 5.26 Å². The molecule has 1 saturated heterocycles. The van der Waals surface area contributed by atoms with Gasteiger partial charge in [0.2, 0.25) is 0 Å². The Bertz CT molecular complexity index is 106. The van der Waals surface area contributed by atoms with E-state index in [2.05, 4.69) is 11.4 Å². The quantitative estimate of drug-likeness (QED) is 0.571. The van der Waals surface area contributed by atoms with E-state index in [1.165, 1.54) is 0 Å². The number of nitriles is 1. The zero-order chi connectivity index (χ0) is 5.82. The minimum absolute atomic E-state index is 0. The van der Waals surface area contributed by atoms with Gasteiger partial charge in [0.05, 0.1) is 6.07 Å². The van der Waals surface area contributed by atoms with Gasteiger partial charge in [0, 0.05) is 18.8 Å². The standard InChI is InChI=1S/C5H8N2S.ClH/c6-3-5-4-7-1-2-8-5;/h5,7H,1-2,4H2;1H. The molecule has 1 atom stereocenters. The van der Waals surface area contributed by atoms with Gasteiger partial charge in [-0.25, -0.2) is 0 Å². The van der Waals surface area contributed by atoms with Crippen LogP contribution in [0, 0.1) is 11.3 Å². The Morgan fingerprint density at radius 2 is 2.44 bits per heavy atom. The molecule has 1 aliphatic rings. The van der Waals surface area contributed by atoms with E-state index < -0.39 is 0 Å². The molecule has 0 aromatic carbocycles. The van der Waals surface area contributed by atoms with Gasteiger partial charge in [-0.15, -0.1) is 24.2 Å². The van der Waals surface area contributed by atoms with Crippen molar-refractivity contribution < 1.29 is 0 Å². The van der Waals surface area contributed by atoms with Crippen molar-refractivity contribution in [2.45, 2.75) is 5.25 Å². The summed E-state index contributed by atoms with van der Waals surface area (Å²) in [6.45, 7) is 1.92. The van der Waals surface area contributed by atoms with Gasteiger partial charge in [-0.3, -0.25) is 0 Å². The summed E-state index contributed by atoms with van der Waals surface area (Å²) >= 11 is 1.74. The van der Waals surface area contributed by atoms with Crippen molar-refractivity contribution in [3.8, 4) is 6.07 Å². The van der Waals surface area contributed by atoms with E-state index in [-0.39, 0.29) is 17.7 Å². The van der Waals surface area contributed by atoms with Crippen LogP contribution in [-0.2, 0) is 0 Å². The van der Waals surface area contributed by atoms with Crippen LogP contribution in [0.15, 0.2) is 0 Å². The van der Waals surface area contributed by atoms with E-state index in [9.17, 15) is 0 Å². The summed E-state index contributed by atoms with van der Waals surface area (Å²) in [5.74, 6) is 1.08. The molecule has 1 aliphatic heterocycles. The predicted molar refractivity (Wildman–Crippen MR) is 42.0 cm³/mol. The molecule has 1 unspecified atom stereocenters. The van der Waals surface area contributed by atoms with Crippen LogP contribution >= 0.6 is 24.2 Å². The topological polar surface area (TPSA) is 35.8 Å². The zero-order valence-corrected chi connectivity index (χ0v) is 6.60. The average Bonchev–Trinajstić information content (AvgIpc) is 1.90. The van der Waals surface area contributed by atoms with E-state index in [0.717, 1.165) is 18.8 Å². The third kappa shape index (κ3) is 2.95. The fourth-order valence-electron chi connectivity index (χ4n) is 0.648. The first kappa shape index (κ1) is 9.09. The van der Waals surface area contributed by atoms with E-state index in [4.69, 9.17) is 5.26 Å². The van der Waals surface area contributed by atoms with Gasteiger partial charge in [-0.2, -0.15) is 5.26 Å². The zero-order valence-electron chi connectivity index (χ0n) is 4.96. The molecule has 9 heavy (non-hydrogen) atoms. The third-order valence-electron chi connectivity index (χ3n) is 1.07. The molecule has 0 amide bonds. The summed E-state index contributed by atoms with van der Waals surface area (Å²) in [6, 6.07) is 2.20. The molecule has 1 rings (SSSR count). The number of halogens is 1. The van der Waals surface area contributed by atoms with Crippen molar-refractivity contribution in [2.75, 3.05) is 18.8 Å². The van der Waals surface area contributed by atoms with Gasteiger partial charge < -0.3 is 5.32 Å². The summed E-state index contributed by atoms with van der Waals surface area (Å²) in [5, 5.41) is 11.7. The second-order valence-corrected chi connectivity index (χ2v) is 3.00. The van der Waals surface area contributed by atoms with Crippen LogP contribution in [-0.4, -0.2) is 24.1 Å². The fraction of sp³-hybridized carbons (Fsp3) is 0.800. The first-order valence-electron chi connectivity index (χ1n) is 2.65. The molecule has 1 fully saturated rings. The third-order valence-corrected chi connectivity index (χ3v) is 2.19. The normalized spacial score (nSPS) is 25.9. The number of hydrogen-bond acceptors (Lipinski definition) is 3. The number of rotatable bonds is 0. The smallest absolute Gasteiger partial charge is 0.104 e. The van der Waals surface area contributed by atoms with Crippen LogP contribution in [0.5, 0.6) is 0 Å². The number of thioether (sulfide) groups is 1. The predicted octanol–water partition coefficient (Wildman–Crippen LogP) is 0.637. The molecule has 0 spiro atoms. The summed E-state index contributed by atoms with van der Waals surface area (Å²) < 4.78 is 0. The van der Waals surface area contributed by atoms with E-state index >= 15 is 0 Å². The second kappa shape index (κ2) is 4.92. The van der Waals surface area contributed by atoms with E-state index in [1.54, 1.807) is 11.8 Å². The van der Waals surface area contributed by atoms with Gasteiger partial charge in [0.1, 0.15) is 5.25 Å². The highest BCUT2D eigenvalue weighted by Gasteiger charge is 2.10. The summed E-state index contributed by atoms with van der Waals surface area (Å²) in [5.41, 5.74) is 0. The molecule has 0 aromatic rings. The molecule has 0 aliphatic carbocycles. The average molecular weight is 165 g/mol. The van der Waals surface area contributed by atoms with Crippen molar-refractivity contribution in [3.63, 3.8) is 0 Å². The Hall–Kier alpha value is 0.0900. The molecule has 1 N–H and O–H groups in total. The summed E-state index contributed by atoms with van der Waals surface area (Å²) in [7, 11) is 0. The molecule has 1 heterocycles. The van der Waals surface area contributed by atoms with E-state index in [0.29, 0.717) is 0 Å². The number of nitrogens with one attached hydrogen (secondary N) is 1. The molecule has 0 aromatic heterocycles. The maximum atomic E-state index is 8.38. The summed E-state index contributed by atoms with van der Waals surface area (Å²) in [4.78, 5) is 0.